The van der Waals surface area contributed by atoms with Crippen molar-refractivity contribution < 1.29 is 17.9 Å². The van der Waals surface area contributed by atoms with Crippen LogP contribution in [0.5, 0.6) is 5.75 Å². The molecule has 122 valence electrons. The van der Waals surface area contributed by atoms with Crippen LogP contribution >= 0.6 is 0 Å². The molecule has 1 N–H and O–H groups in total. The van der Waals surface area contributed by atoms with Crippen molar-refractivity contribution in [1.82, 2.24) is 9.62 Å². The highest BCUT2D eigenvalue weighted by Crippen LogP contribution is 2.19. The smallest absolute Gasteiger partial charge is 0.224 e. The van der Waals surface area contributed by atoms with Gasteiger partial charge in [-0.3, -0.25) is 4.79 Å². The highest BCUT2D eigenvalue weighted by molar-refractivity contribution is 7.88. The minimum atomic E-state index is -3.29. The Hall–Kier alpha value is -1.86. The van der Waals surface area contributed by atoms with Gasteiger partial charge >= 0.3 is 0 Å². The molecule has 22 heavy (non-hydrogen) atoms. The van der Waals surface area contributed by atoms with E-state index in [1.807, 2.05) is 24.3 Å². The highest BCUT2D eigenvalue weighted by atomic mass is 32.2. The van der Waals surface area contributed by atoms with Gasteiger partial charge in [0.2, 0.25) is 15.9 Å². The Kier molecular flexibility index (Phi) is 7.07. The maximum Gasteiger partial charge on any atom is 0.224 e. The molecular weight excluding hydrogens is 304 g/mol. The quantitative estimate of drug-likeness (QED) is 0.691. The molecule has 1 aromatic rings. The van der Waals surface area contributed by atoms with E-state index in [9.17, 15) is 13.2 Å². The van der Waals surface area contributed by atoms with E-state index in [1.54, 1.807) is 18.1 Å². The molecule has 1 aromatic carbocycles. The fourth-order valence-electron chi connectivity index (χ4n) is 1.95. The number of rotatable bonds is 9. The molecule has 0 aliphatic heterocycles. The number of carbonyl (C=O) groups excluding carboxylic acids is 1. The van der Waals surface area contributed by atoms with E-state index >= 15 is 0 Å². The SMILES string of the molecule is C=CCN(Cc1ccccc1OC)C(=O)CCNS(C)(=O)=O. The molecule has 0 fully saturated rings. The fraction of sp³-hybridized carbons (Fsp3) is 0.400. The number of benzene rings is 1. The van der Waals surface area contributed by atoms with Gasteiger partial charge in [-0.2, -0.15) is 0 Å². The van der Waals surface area contributed by atoms with E-state index in [4.69, 9.17) is 4.74 Å². The second-order valence-electron chi connectivity index (χ2n) is 4.79. The van der Waals surface area contributed by atoms with Crippen LogP contribution in [0.2, 0.25) is 0 Å². The van der Waals surface area contributed by atoms with Gasteiger partial charge in [0.1, 0.15) is 5.75 Å². The van der Waals surface area contributed by atoms with Gasteiger partial charge < -0.3 is 9.64 Å². The summed E-state index contributed by atoms with van der Waals surface area (Å²) in [6.07, 6.45) is 2.79. The van der Waals surface area contributed by atoms with Gasteiger partial charge in [0.05, 0.1) is 13.4 Å². The van der Waals surface area contributed by atoms with Crippen LogP contribution in [0.15, 0.2) is 36.9 Å². The number of nitrogens with zero attached hydrogens (tertiary/aromatic N) is 1. The second-order valence-corrected chi connectivity index (χ2v) is 6.62. The molecule has 0 atom stereocenters. The van der Waals surface area contributed by atoms with Crippen molar-refractivity contribution in [2.45, 2.75) is 13.0 Å². The van der Waals surface area contributed by atoms with E-state index in [1.165, 1.54) is 0 Å². The number of hydrogen-bond acceptors (Lipinski definition) is 4. The zero-order valence-electron chi connectivity index (χ0n) is 12.9. The van der Waals surface area contributed by atoms with Gasteiger partial charge in [-0.05, 0) is 6.07 Å². The molecule has 1 rings (SSSR count). The van der Waals surface area contributed by atoms with Crippen molar-refractivity contribution in [3.8, 4) is 5.75 Å². The van der Waals surface area contributed by atoms with Crippen molar-refractivity contribution in [2.24, 2.45) is 0 Å². The van der Waals surface area contributed by atoms with Crippen LogP contribution in [0.4, 0.5) is 0 Å². The lowest BCUT2D eigenvalue weighted by Crippen LogP contribution is -2.34. The van der Waals surface area contributed by atoms with E-state index in [0.29, 0.717) is 18.8 Å². The van der Waals surface area contributed by atoms with Crippen LogP contribution in [-0.2, 0) is 21.4 Å². The first-order chi connectivity index (χ1) is 10.4. The summed E-state index contributed by atoms with van der Waals surface area (Å²) in [6, 6.07) is 7.45. The van der Waals surface area contributed by atoms with Crippen molar-refractivity contribution in [3.63, 3.8) is 0 Å². The lowest BCUT2D eigenvalue weighted by molar-refractivity contribution is -0.131. The molecule has 0 bridgehead atoms. The van der Waals surface area contributed by atoms with E-state index in [0.717, 1.165) is 11.8 Å². The maximum absolute atomic E-state index is 12.2. The van der Waals surface area contributed by atoms with Crippen LogP contribution in [0, 0.1) is 0 Å². The van der Waals surface area contributed by atoms with Crippen LogP contribution in [0.3, 0.4) is 0 Å². The second kappa shape index (κ2) is 8.55. The molecule has 0 aliphatic rings. The Labute approximate surface area is 131 Å². The predicted octanol–water partition coefficient (Wildman–Crippen LogP) is 1.15. The minimum absolute atomic E-state index is 0.0806. The summed E-state index contributed by atoms with van der Waals surface area (Å²) in [5, 5.41) is 0. The number of ether oxygens (including phenoxy) is 1. The minimum Gasteiger partial charge on any atom is -0.496 e. The largest absolute Gasteiger partial charge is 0.496 e. The molecule has 0 heterocycles. The van der Waals surface area contributed by atoms with Crippen LogP contribution < -0.4 is 9.46 Å². The van der Waals surface area contributed by atoms with E-state index in [2.05, 4.69) is 11.3 Å². The van der Waals surface area contributed by atoms with Crippen molar-refractivity contribution in [1.29, 1.82) is 0 Å². The third-order valence-corrected chi connectivity index (χ3v) is 3.69. The number of carbonyl (C=O) groups is 1. The molecular formula is C15H22N2O4S. The zero-order valence-corrected chi connectivity index (χ0v) is 13.7. The Morgan fingerprint density at radius 3 is 2.68 bits per heavy atom. The molecule has 6 nitrogen and oxygen atoms in total. The number of sulfonamides is 1. The molecule has 1 amide bonds. The third kappa shape index (κ3) is 6.28. The topological polar surface area (TPSA) is 75.7 Å². The lowest BCUT2D eigenvalue weighted by Gasteiger charge is -2.22. The molecule has 0 aliphatic carbocycles. The summed E-state index contributed by atoms with van der Waals surface area (Å²) >= 11 is 0. The van der Waals surface area contributed by atoms with Gasteiger partial charge in [0.15, 0.2) is 0 Å². The third-order valence-electron chi connectivity index (χ3n) is 2.96. The van der Waals surface area contributed by atoms with Crippen molar-refractivity contribution in [3.05, 3.63) is 42.5 Å². The number of hydrogen-bond donors (Lipinski definition) is 1. The fourth-order valence-corrected chi connectivity index (χ4v) is 2.42. The van der Waals surface area contributed by atoms with Crippen LogP contribution in [0.1, 0.15) is 12.0 Å². The van der Waals surface area contributed by atoms with Gasteiger partial charge in [-0.25, -0.2) is 13.1 Å². The number of methoxy groups -OCH3 is 1. The first-order valence-electron chi connectivity index (χ1n) is 6.82. The highest BCUT2D eigenvalue weighted by Gasteiger charge is 2.15. The summed E-state index contributed by atoms with van der Waals surface area (Å²) in [6.45, 7) is 4.50. The first-order valence-corrected chi connectivity index (χ1v) is 8.71. The maximum atomic E-state index is 12.2. The van der Waals surface area contributed by atoms with Crippen LogP contribution in [-0.4, -0.2) is 45.7 Å². The molecule has 0 aromatic heterocycles. The molecule has 0 saturated carbocycles. The van der Waals surface area contributed by atoms with Gasteiger partial charge in [-0.1, -0.05) is 24.3 Å². The van der Waals surface area contributed by atoms with Crippen molar-refractivity contribution in [2.75, 3.05) is 26.5 Å². The Morgan fingerprint density at radius 1 is 1.41 bits per heavy atom. The molecule has 0 radical (unpaired) electrons. The first kappa shape index (κ1) is 18.2. The summed E-state index contributed by atoms with van der Waals surface area (Å²) in [4.78, 5) is 13.8. The molecule has 7 heteroatoms. The Balaban J connectivity index is 2.72. The summed E-state index contributed by atoms with van der Waals surface area (Å²) < 4.78 is 29.6. The average molecular weight is 326 g/mol. The number of para-hydroxylation sites is 1. The molecule has 0 spiro atoms. The summed E-state index contributed by atoms with van der Waals surface area (Å²) in [7, 11) is -1.71. The zero-order chi connectivity index (χ0) is 16.6. The van der Waals surface area contributed by atoms with Gasteiger partial charge in [0.25, 0.3) is 0 Å². The Bertz CT molecular complexity index is 614. The average Bonchev–Trinajstić information content (AvgIpc) is 2.46. The van der Waals surface area contributed by atoms with E-state index in [-0.39, 0.29) is 18.9 Å². The van der Waals surface area contributed by atoms with E-state index < -0.39 is 10.0 Å². The summed E-state index contributed by atoms with van der Waals surface area (Å²) in [5.74, 6) is 0.556. The standard InChI is InChI=1S/C15H22N2O4S/c1-4-11-17(15(18)9-10-16-22(3,19)20)12-13-7-5-6-8-14(13)21-2/h4-8,16H,1,9-12H2,2-3H3. The normalized spacial score (nSPS) is 11.0. The van der Waals surface area contributed by atoms with Gasteiger partial charge in [0, 0.05) is 31.6 Å². The van der Waals surface area contributed by atoms with Gasteiger partial charge in [-0.15, -0.1) is 6.58 Å². The Morgan fingerprint density at radius 2 is 2.09 bits per heavy atom. The lowest BCUT2D eigenvalue weighted by atomic mass is 10.2. The molecule has 0 saturated heterocycles. The summed E-state index contributed by atoms with van der Waals surface area (Å²) in [5.41, 5.74) is 0.885. The van der Waals surface area contributed by atoms with Crippen molar-refractivity contribution >= 4 is 15.9 Å². The molecule has 0 unspecified atom stereocenters. The monoisotopic (exact) mass is 326 g/mol. The predicted molar refractivity (Wildman–Crippen MR) is 86.1 cm³/mol. The van der Waals surface area contributed by atoms with Crippen LogP contribution in [0.25, 0.3) is 0 Å². The number of amides is 1. The number of nitrogens with one attached hydrogen (secondary N) is 1.